The van der Waals surface area contributed by atoms with Gasteiger partial charge < -0.3 is 5.32 Å². The average molecular weight is 309 g/mol. The predicted molar refractivity (Wildman–Crippen MR) is 83.2 cm³/mol. The zero-order valence-corrected chi connectivity index (χ0v) is 12.6. The van der Waals surface area contributed by atoms with Crippen LogP contribution in [0, 0.1) is 21.4 Å². The van der Waals surface area contributed by atoms with Gasteiger partial charge in [-0.25, -0.2) is 0 Å². The predicted octanol–water partition coefficient (Wildman–Crippen LogP) is 3.09. The third kappa shape index (κ3) is 2.40. The molecule has 0 unspecified atom stereocenters. The van der Waals surface area contributed by atoms with Crippen LogP contribution in [0.25, 0.3) is 0 Å². The molecule has 0 saturated carbocycles. The van der Waals surface area contributed by atoms with Crippen molar-refractivity contribution in [1.82, 2.24) is 5.32 Å². The van der Waals surface area contributed by atoms with E-state index < -0.39 is 10.8 Å². The third-order valence-electron chi connectivity index (χ3n) is 4.34. The first kappa shape index (κ1) is 15.0. The van der Waals surface area contributed by atoms with Gasteiger partial charge in [0.2, 0.25) is 0 Å². The van der Waals surface area contributed by atoms with Crippen molar-refractivity contribution in [3.05, 3.63) is 62.5 Å². The van der Waals surface area contributed by atoms with Crippen LogP contribution in [0.1, 0.15) is 37.7 Å². The fourth-order valence-corrected chi connectivity index (χ4v) is 3.34. The summed E-state index contributed by atoms with van der Waals surface area (Å²) < 4.78 is 0. The Labute approximate surface area is 133 Å². The number of nitro groups is 1. The molecule has 1 aliphatic heterocycles. The van der Waals surface area contributed by atoms with E-state index in [4.69, 9.17) is 0 Å². The van der Waals surface area contributed by atoms with Crippen LogP contribution < -0.4 is 5.32 Å². The number of nitriles is 1. The molecule has 1 aliphatic carbocycles. The minimum Gasteiger partial charge on any atom is -0.361 e. The van der Waals surface area contributed by atoms with Crippen LogP contribution in [-0.2, 0) is 4.79 Å². The van der Waals surface area contributed by atoms with Gasteiger partial charge in [0.1, 0.15) is 0 Å². The Morgan fingerprint density at radius 2 is 2.09 bits per heavy atom. The van der Waals surface area contributed by atoms with Crippen LogP contribution in [0.3, 0.4) is 0 Å². The SMILES string of the molecule is CC1=C(C#N)[C@@H](c2ccccc2[N+](=O)[O-])C2=C(CCCC2=O)N1. The second kappa shape index (κ2) is 5.69. The van der Waals surface area contributed by atoms with E-state index in [-0.39, 0.29) is 11.5 Å². The molecule has 2 aliphatic rings. The summed E-state index contributed by atoms with van der Waals surface area (Å²) in [5, 5.41) is 24.1. The van der Waals surface area contributed by atoms with Crippen molar-refractivity contribution in [3.8, 4) is 6.07 Å². The highest BCUT2D eigenvalue weighted by Gasteiger charge is 2.38. The molecule has 0 spiro atoms. The molecule has 0 aromatic heterocycles. The van der Waals surface area contributed by atoms with E-state index in [1.54, 1.807) is 25.1 Å². The van der Waals surface area contributed by atoms with Crippen molar-refractivity contribution in [1.29, 1.82) is 5.26 Å². The lowest BCUT2D eigenvalue weighted by molar-refractivity contribution is -0.385. The van der Waals surface area contributed by atoms with Gasteiger partial charge in [-0.05, 0) is 19.8 Å². The van der Waals surface area contributed by atoms with E-state index in [0.717, 1.165) is 12.1 Å². The van der Waals surface area contributed by atoms with E-state index in [9.17, 15) is 20.2 Å². The van der Waals surface area contributed by atoms with Gasteiger partial charge >= 0.3 is 0 Å². The normalized spacial score (nSPS) is 20.7. The molecular weight excluding hydrogens is 294 g/mol. The van der Waals surface area contributed by atoms with E-state index in [0.29, 0.717) is 35.2 Å². The number of allylic oxidation sites excluding steroid dienone is 4. The Morgan fingerprint density at radius 1 is 1.35 bits per heavy atom. The summed E-state index contributed by atoms with van der Waals surface area (Å²) >= 11 is 0. The van der Waals surface area contributed by atoms with Gasteiger partial charge in [0.05, 0.1) is 22.5 Å². The second-order valence-corrected chi connectivity index (χ2v) is 5.69. The van der Waals surface area contributed by atoms with Crippen molar-refractivity contribution in [3.63, 3.8) is 0 Å². The second-order valence-electron chi connectivity index (χ2n) is 5.69. The van der Waals surface area contributed by atoms with Crippen LogP contribution in [0.15, 0.2) is 46.8 Å². The topological polar surface area (TPSA) is 96.0 Å². The van der Waals surface area contributed by atoms with E-state index >= 15 is 0 Å². The Bertz CT molecular complexity index is 815. The van der Waals surface area contributed by atoms with Crippen LogP contribution in [0.4, 0.5) is 5.69 Å². The molecule has 1 aromatic carbocycles. The molecule has 1 heterocycles. The van der Waals surface area contributed by atoms with Crippen molar-refractivity contribution in [2.24, 2.45) is 0 Å². The molecule has 6 nitrogen and oxygen atoms in total. The minimum absolute atomic E-state index is 0.0397. The molecule has 1 N–H and O–H groups in total. The Morgan fingerprint density at radius 3 is 2.78 bits per heavy atom. The van der Waals surface area contributed by atoms with Gasteiger partial charge in [0.25, 0.3) is 5.69 Å². The van der Waals surface area contributed by atoms with Crippen LogP contribution in [0.2, 0.25) is 0 Å². The monoisotopic (exact) mass is 309 g/mol. The van der Waals surface area contributed by atoms with E-state index in [1.165, 1.54) is 6.07 Å². The van der Waals surface area contributed by atoms with E-state index in [1.807, 2.05) is 0 Å². The number of carbonyl (C=O) groups is 1. The Kier molecular flexibility index (Phi) is 3.70. The number of ketones is 1. The van der Waals surface area contributed by atoms with Crippen molar-refractivity contribution in [2.45, 2.75) is 32.1 Å². The van der Waals surface area contributed by atoms with Crippen LogP contribution in [0.5, 0.6) is 0 Å². The molecule has 116 valence electrons. The molecule has 3 rings (SSSR count). The van der Waals surface area contributed by atoms with Gasteiger partial charge in [-0.2, -0.15) is 5.26 Å². The number of hydrogen-bond acceptors (Lipinski definition) is 5. The largest absolute Gasteiger partial charge is 0.361 e. The molecule has 0 amide bonds. The molecule has 1 atom stereocenters. The molecule has 0 saturated heterocycles. The van der Waals surface area contributed by atoms with Gasteiger partial charge in [0.15, 0.2) is 5.78 Å². The number of nitro benzene ring substituents is 1. The maximum absolute atomic E-state index is 12.5. The number of benzene rings is 1. The molecular formula is C17H15N3O3. The molecule has 0 bridgehead atoms. The number of dihydropyridines is 1. The summed E-state index contributed by atoms with van der Waals surface area (Å²) in [5.74, 6) is -0.701. The zero-order chi connectivity index (χ0) is 16.6. The Balaban J connectivity index is 2.26. The fourth-order valence-electron chi connectivity index (χ4n) is 3.34. The lowest BCUT2D eigenvalue weighted by Crippen LogP contribution is -2.31. The van der Waals surface area contributed by atoms with Gasteiger partial charge in [-0.3, -0.25) is 14.9 Å². The fraction of sp³-hybridized carbons (Fsp3) is 0.294. The van der Waals surface area contributed by atoms with Gasteiger partial charge in [-0.15, -0.1) is 0 Å². The number of nitrogens with zero attached hydrogens (tertiary/aromatic N) is 2. The summed E-state index contributed by atoms with van der Waals surface area (Å²) in [6.45, 7) is 1.77. The molecule has 1 aromatic rings. The number of rotatable bonds is 2. The van der Waals surface area contributed by atoms with E-state index in [2.05, 4.69) is 11.4 Å². The van der Waals surface area contributed by atoms with Crippen molar-refractivity contribution in [2.75, 3.05) is 0 Å². The van der Waals surface area contributed by atoms with Gasteiger partial charge in [-0.1, -0.05) is 18.2 Å². The third-order valence-corrected chi connectivity index (χ3v) is 4.34. The van der Waals surface area contributed by atoms with Crippen molar-refractivity contribution >= 4 is 11.5 Å². The maximum Gasteiger partial charge on any atom is 0.273 e. The summed E-state index contributed by atoms with van der Waals surface area (Å²) in [5.41, 5.74) is 2.66. The first-order chi connectivity index (χ1) is 11.0. The average Bonchev–Trinajstić information content (AvgIpc) is 2.53. The summed E-state index contributed by atoms with van der Waals surface area (Å²) in [7, 11) is 0. The number of para-hydroxylation sites is 1. The van der Waals surface area contributed by atoms with Gasteiger partial charge in [0, 0.05) is 35.0 Å². The van der Waals surface area contributed by atoms with Crippen LogP contribution >= 0.6 is 0 Å². The highest BCUT2D eigenvalue weighted by molar-refractivity contribution is 6.00. The highest BCUT2D eigenvalue weighted by Crippen LogP contribution is 2.44. The molecule has 6 heteroatoms. The summed E-state index contributed by atoms with van der Waals surface area (Å²) in [6.07, 6.45) is 1.88. The summed E-state index contributed by atoms with van der Waals surface area (Å²) in [4.78, 5) is 23.4. The lowest BCUT2D eigenvalue weighted by atomic mass is 9.75. The van der Waals surface area contributed by atoms with Crippen molar-refractivity contribution < 1.29 is 9.72 Å². The zero-order valence-electron chi connectivity index (χ0n) is 12.6. The number of nitrogens with one attached hydrogen (secondary N) is 1. The number of carbonyl (C=O) groups excluding carboxylic acids is 1. The maximum atomic E-state index is 12.5. The standard InChI is InChI=1S/C17H15N3O3/c1-10-12(9-18)16(11-5-2-3-7-14(11)20(22)23)17-13(19-10)6-4-8-15(17)21/h2-3,5,7,16,19H,4,6,8H2,1H3/t16-/m1/s1. The lowest BCUT2D eigenvalue weighted by Gasteiger charge is -2.32. The molecule has 0 radical (unpaired) electrons. The summed E-state index contributed by atoms with van der Waals surface area (Å²) in [6, 6.07) is 8.46. The minimum atomic E-state index is -0.661. The first-order valence-electron chi connectivity index (χ1n) is 7.42. The number of Topliss-reactive ketones (excluding diaryl/α,β-unsaturated/α-hetero) is 1. The number of hydrogen-bond donors (Lipinski definition) is 1. The molecule has 23 heavy (non-hydrogen) atoms. The Hall–Kier alpha value is -2.94. The first-order valence-corrected chi connectivity index (χ1v) is 7.42. The van der Waals surface area contributed by atoms with Crippen LogP contribution in [-0.4, -0.2) is 10.7 Å². The highest BCUT2D eigenvalue weighted by atomic mass is 16.6. The quantitative estimate of drug-likeness (QED) is 0.669. The smallest absolute Gasteiger partial charge is 0.273 e. The molecule has 0 fully saturated rings.